The minimum atomic E-state index is -5.11. The molecule has 2 rings (SSSR count). The molecule has 1 saturated heterocycles. The lowest BCUT2D eigenvalue weighted by Crippen LogP contribution is -2.74. The number of nitrogens with two attached hydrogens (primary N) is 1. The van der Waals surface area contributed by atoms with Gasteiger partial charge in [0.25, 0.3) is 11.8 Å². The highest BCUT2D eigenvalue weighted by atomic mass is 32.2. The molecular weight excluding hydrogens is 510 g/mol. The van der Waals surface area contributed by atoms with Crippen molar-refractivity contribution in [2.75, 3.05) is 12.8 Å². The van der Waals surface area contributed by atoms with Gasteiger partial charge in [-0.3, -0.25) is 14.1 Å². The standard InChI is InChI=1S/C18H25N5O10S2/c1-17(2,3)32-15(27)18(4,5)33-22-9(8-7-34-16(19)20-8)12(24)21-10-11(14(26)31-6)23(13(10)25)35(28,29)30/h7,10-11H,1-6H3,(H2,19,20)(H,21,24)(H,28,29,30)/b22-9-/t10-,11-/m1/s1. The number of thiazole rings is 1. The van der Waals surface area contributed by atoms with Crippen LogP contribution in [0.25, 0.3) is 0 Å². The lowest BCUT2D eigenvalue weighted by molar-refractivity contribution is -0.179. The van der Waals surface area contributed by atoms with Gasteiger partial charge < -0.3 is 25.4 Å². The van der Waals surface area contributed by atoms with Crippen LogP contribution in [0.2, 0.25) is 0 Å². The van der Waals surface area contributed by atoms with Crippen molar-refractivity contribution in [3.05, 3.63) is 11.1 Å². The zero-order chi connectivity index (χ0) is 26.9. The number of rotatable bonds is 8. The Labute approximate surface area is 204 Å². The van der Waals surface area contributed by atoms with Gasteiger partial charge in [0.1, 0.15) is 17.3 Å². The van der Waals surface area contributed by atoms with Gasteiger partial charge in [-0.25, -0.2) is 14.6 Å². The number of ether oxygens (including phenoxy) is 2. The molecule has 0 aliphatic carbocycles. The van der Waals surface area contributed by atoms with E-state index in [2.05, 4.69) is 20.2 Å². The van der Waals surface area contributed by atoms with Crippen molar-refractivity contribution in [3.8, 4) is 0 Å². The van der Waals surface area contributed by atoms with Gasteiger partial charge in [-0.2, -0.15) is 12.7 Å². The molecule has 35 heavy (non-hydrogen) atoms. The summed E-state index contributed by atoms with van der Waals surface area (Å²) >= 11 is 0.947. The van der Waals surface area contributed by atoms with Crippen molar-refractivity contribution in [1.82, 2.24) is 14.6 Å². The maximum Gasteiger partial charge on any atom is 0.363 e. The first-order valence-corrected chi connectivity index (χ1v) is 12.1. The van der Waals surface area contributed by atoms with Crippen molar-refractivity contribution in [2.45, 2.75) is 57.9 Å². The van der Waals surface area contributed by atoms with Crippen LogP contribution in [-0.2, 0) is 43.8 Å². The fourth-order valence-electron chi connectivity index (χ4n) is 2.62. The number of β-lactam (4-membered cyclic amide) rings is 1. The van der Waals surface area contributed by atoms with Crippen LogP contribution in [0.3, 0.4) is 0 Å². The second-order valence-corrected chi connectivity index (χ2v) is 10.8. The van der Waals surface area contributed by atoms with Gasteiger partial charge in [0.05, 0.1) is 7.11 Å². The maximum atomic E-state index is 13.0. The van der Waals surface area contributed by atoms with Gasteiger partial charge in [0.2, 0.25) is 5.60 Å². The van der Waals surface area contributed by atoms with Crippen molar-refractivity contribution in [2.24, 2.45) is 5.16 Å². The fourth-order valence-corrected chi connectivity index (χ4v) is 4.00. The summed E-state index contributed by atoms with van der Waals surface area (Å²) in [6.07, 6.45) is 0. The smallest absolute Gasteiger partial charge is 0.363 e. The molecule has 1 aromatic rings. The summed E-state index contributed by atoms with van der Waals surface area (Å²) in [5, 5.41) is 7.23. The van der Waals surface area contributed by atoms with E-state index < -0.39 is 63.1 Å². The highest BCUT2D eigenvalue weighted by Gasteiger charge is 2.58. The van der Waals surface area contributed by atoms with E-state index in [1.807, 2.05) is 0 Å². The summed E-state index contributed by atoms with van der Waals surface area (Å²) in [6, 6.07) is -3.59. The van der Waals surface area contributed by atoms with Crippen molar-refractivity contribution in [1.29, 1.82) is 0 Å². The average molecular weight is 536 g/mol. The number of hydrogen-bond donors (Lipinski definition) is 3. The molecule has 2 heterocycles. The largest absolute Gasteiger partial charge is 0.467 e. The van der Waals surface area contributed by atoms with E-state index in [9.17, 15) is 32.1 Å². The number of esters is 2. The molecule has 1 aromatic heterocycles. The van der Waals surface area contributed by atoms with E-state index >= 15 is 0 Å². The van der Waals surface area contributed by atoms with Gasteiger partial charge in [0.15, 0.2) is 16.9 Å². The first-order chi connectivity index (χ1) is 15.9. The summed E-state index contributed by atoms with van der Waals surface area (Å²) < 4.78 is 41.7. The third-order valence-electron chi connectivity index (χ3n) is 4.26. The van der Waals surface area contributed by atoms with E-state index in [-0.39, 0.29) is 15.1 Å². The van der Waals surface area contributed by atoms with Crippen LogP contribution in [-0.4, -0.2) is 82.1 Å². The molecule has 0 spiro atoms. The normalized spacial score (nSPS) is 19.0. The summed E-state index contributed by atoms with van der Waals surface area (Å²) in [6.45, 7) is 7.60. The Hall–Kier alpha value is -3.31. The number of anilines is 1. The van der Waals surface area contributed by atoms with E-state index in [0.29, 0.717) is 0 Å². The fraction of sp³-hybridized carbons (Fsp3) is 0.556. The maximum absolute atomic E-state index is 13.0. The number of amides is 2. The predicted octanol–water partition coefficient (Wildman–Crippen LogP) is -0.762. The van der Waals surface area contributed by atoms with Gasteiger partial charge >= 0.3 is 22.2 Å². The molecule has 0 saturated carbocycles. The lowest BCUT2D eigenvalue weighted by Gasteiger charge is -2.41. The number of nitrogen functional groups attached to an aromatic ring is 1. The van der Waals surface area contributed by atoms with Crippen molar-refractivity contribution in [3.63, 3.8) is 0 Å². The molecule has 1 aliphatic rings. The zero-order valence-corrected chi connectivity index (χ0v) is 21.2. The molecule has 0 bridgehead atoms. The number of nitrogens with zero attached hydrogens (tertiary/aromatic N) is 3. The highest BCUT2D eigenvalue weighted by Crippen LogP contribution is 2.25. The molecule has 15 nitrogen and oxygen atoms in total. The van der Waals surface area contributed by atoms with E-state index in [1.165, 1.54) is 19.2 Å². The molecule has 1 aliphatic heterocycles. The predicted molar refractivity (Wildman–Crippen MR) is 120 cm³/mol. The Morgan fingerprint density at radius 3 is 2.31 bits per heavy atom. The number of oxime groups is 1. The van der Waals surface area contributed by atoms with Crippen molar-refractivity contribution >= 4 is 56.2 Å². The lowest BCUT2D eigenvalue weighted by atomic mass is 9.98. The molecular formula is C18H25N5O10S2. The minimum Gasteiger partial charge on any atom is -0.467 e. The van der Waals surface area contributed by atoms with E-state index in [1.54, 1.807) is 20.8 Å². The van der Waals surface area contributed by atoms with Gasteiger partial charge in [-0.1, -0.05) is 5.16 Å². The molecule has 194 valence electrons. The first-order valence-electron chi connectivity index (χ1n) is 9.79. The van der Waals surface area contributed by atoms with Crippen LogP contribution < -0.4 is 11.1 Å². The average Bonchev–Trinajstić information content (AvgIpc) is 3.12. The molecule has 17 heteroatoms. The Morgan fingerprint density at radius 1 is 1.26 bits per heavy atom. The van der Waals surface area contributed by atoms with Gasteiger partial charge in [-0.05, 0) is 34.6 Å². The quantitative estimate of drug-likeness (QED) is 0.123. The summed E-state index contributed by atoms with van der Waals surface area (Å²) in [5.74, 6) is -4.44. The van der Waals surface area contributed by atoms with Crippen LogP contribution in [0.1, 0.15) is 40.3 Å². The molecule has 1 fully saturated rings. The Morgan fingerprint density at radius 2 is 1.86 bits per heavy atom. The number of nitrogens with one attached hydrogen (secondary N) is 1. The van der Waals surface area contributed by atoms with Gasteiger partial charge in [0, 0.05) is 5.38 Å². The SMILES string of the molecule is COC(=O)[C@H]1[C@@H](NC(=O)/C(=N\OC(C)(C)C(=O)OC(C)(C)C)c2csc(N)n2)C(=O)N1S(=O)(=O)O. The third kappa shape index (κ3) is 6.43. The number of hydrogen-bond acceptors (Lipinski definition) is 13. The number of aromatic nitrogens is 1. The second kappa shape index (κ2) is 9.74. The Bertz CT molecular complexity index is 1170. The number of carbonyl (C=O) groups is 4. The monoisotopic (exact) mass is 535 g/mol. The van der Waals surface area contributed by atoms with Crippen LogP contribution in [0.15, 0.2) is 10.5 Å². The molecule has 4 N–H and O–H groups in total. The molecule has 2 atom stereocenters. The Kier molecular flexibility index (Phi) is 7.78. The molecule has 2 amide bonds. The third-order valence-corrected chi connectivity index (χ3v) is 5.84. The van der Waals surface area contributed by atoms with Crippen LogP contribution in [0.5, 0.6) is 0 Å². The van der Waals surface area contributed by atoms with Crippen LogP contribution in [0.4, 0.5) is 5.13 Å². The zero-order valence-electron chi connectivity index (χ0n) is 19.6. The highest BCUT2D eigenvalue weighted by molar-refractivity contribution is 7.84. The number of carbonyl (C=O) groups excluding carboxylic acids is 4. The summed E-state index contributed by atoms with van der Waals surface area (Å²) in [5.41, 5.74) is 2.47. The summed E-state index contributed by atoms with van der Waals surface area (Å²) in [7, 11) is -4.19. The molecule has 0 radical (unpaired) electrons. The molecule has 0 aromatic carbocycles. The second-order valence-electron chi connectivity index (χ2n) is 8.65. The Balaban J connectivity index is 2.35. The van der Waals surface area contributed by atoms with E-state index in [0.717, 1.165) is 18.4 Å². The number of methoxy groups -OCH3 is 1. The molecule has 0 unspecified atom stereocenters. The topological polar surface area (TPSA) is 217 Å². The first kappa shape index (κ1) is 27.9. The van der Waals surface area contributed by atoms with Crippen molar-refractivity contribution < 1.29 is 46.5 Å². The summed E-state index contributed by atoms with van der Waals surface area (Å²) in [4.78, 5) is 58.9. The van der Waals surface area contributed by atoms with Crippen LogP contribution in [0, 0.1) is 0 Å². The van der Waals surface area contributed by atoms with Gasteiger partial charge in [-0.15, -0.1) is 11.3 Å². The van der Waals surface area contributed by atoms with E-state index in [4.69, 9.17) is 15.3 Å². The minimum absolute atomic E-state index is 0.0524. The van der Waals surface area contributed by atoms with Crippen LogP contribution >= 0.6 is 11.3 Å².